The highest BCUT2D eigenvalue weighted by atomic mass is 19.1. The molecule has 2 nitrogen and oxygen atoms in total. The third kappa shape index (κ3) is 1.17. The minimum atomic E-state index is -0.548. The predicted molar refractivity (Wildman–Crippen MR) is 49.8 cm³/mol. The van der Waals surface area contributed by atoms with Crippen molar-refractivity contribution >= 4 is 7.85 Å². The van der Waals surface area contributed by atoms with Crippen molar-refractivity contribution in [3.63, 3.8) is 0 Å². The van der Waals surface area contributed by atoms with Gasteiger partial charge in [-0.1, -0.05) is 6.32 Å². The van der Waals surface area contributed by atoms with Gasteiger partial charge in [0.2, 0.25) is 0 Å². The van der Waals surface area contributed by atoms with Gasteiger partial charge in [-0.05, 0) is 11.6 Å². The first-order valence-electron chi connectivity index (χ1n) is 4.35. The number of hydrogen-bond acceptors (Lipinski definition) is 2. The van der Waals surface area contributed by atoms with E-state index in [1.807, 2.05) is 0 Å². The maximum absolute atomic E-state index is 13.3. The topological polar surface area (TPSA) is 33.0 Å². The van der Waals surface area contributed by atoms with Gasteiger partial charge >= 0.3 is 0 Å². The van der Waals surface area contributed by atoms with Gasteiger partial charge in [-0.3, -0.25) is 0 Å². The van der Waals surface area contributed by atoms with Crippen LogP contribution in [0.25, 0.3) is 0 Å². The number of nitrogens with zero attached hydrogens (tertiary/aromatic N) is 1. The Morgan fingerprint density at radius 3 is 3.07 bits per heavy atom. The third-order valence-electron chi connectivity index (χ3n) is 2.36. The highest BCUT2D eigenvalue weighted by Gasteiger charge is 2.22. The first-order valence-corrected chi connectivity index (χ1v) is 4.35. The molecule has 2 radical (unpaired) electrons. The maximum atomic E-state index is 13.3. The van der Waals surface area contributed by atoms with Crippen LogP contribution in [-0.2, 0) is 12.7 Å². The van der Waals surface area contributed by atoms with Crippen LogP contribution in [0, 0.1) is 17.1 Å². The van der Waals surface area contributed by atoms with Gasteiger partial charge in [-0.15, -0.1) is 0 Å². The monoisotopic (exact) mass is 187 g/mol. The van der Waals surface area contributed by atoms with Crippen LogP contribution < -0.4 is 4.74 Å². The Labute approximate surface area is 82.7 Å². The molecule has 4 heteroatoms. The fraction of sp³-hybridized carbons (Fsp3) is 0.300. The van der Waals surface area contributed by atoms with E-state index in [2.05, 4.69) is 0 Å². The molecule has 1 aromatic carbocycles. The Balaban J connectivity index is 2.69. The smallest absolute Gasteiger partial charge is 0.145 e. The van der Waals surface area contributed by atoms with E-state index < -0.39 is 5.82 Å². The average Bonchev–Trinajstić information content (AvgIpc) is 2.65. The van der Waals surface area contributed by atoms with Crippen LogP contribution in [0.3, 0.4) is 0 Å². The third-order valence-corrected chi connectivity index (χ3v) is 2.36. The molecule has 0 fully saturated rings. The van der Waals surface area contributed by atoms with E-state index >= 15 is 0 Å². The van der Waals surface area contributed by atoms with Crippen LogP contribution in [0.4, 0.5) is 4.39 Å². The van der Waals surface area contributed by atoms with Crippen molar-refractivity contribution in [1.82, 2.24) is 0 Å². The average molecular weight is 187 g/mol. The van der Waals surface area contributed by atoms with Crippen molar-refractivity contribution < 1.29 is 9.13 Å². The largest absolute Gasteiger partial charge is 0.491 e. The lowest BCUT2D eigenvalue weighted by Crippen LogP contribution is -1.96. The summed E-state index contributed by atoms with van der Waals surface area (Å²) >= 11 is 0. The Morgan fingerprint density at radius 2 is 2.43 bits per heavy atom. The molecule has 2 rings (SSSR count). The highest BCUT2D eigenvalue weighted by Crippen LogP contribution is 2.33. The summed E-state index contributed by atoms with van der Waals surface area (Å²) in [7, 11) is 5.48. The summed E-state index contributed by atoms with van der Waals surface area (Å²) in [4.78, 5) is 0. The molecular weight excluding hydrogens is 180 g/mol. The fourth-order valence-electron chi connectivity index (χ4n) is 1.69. The molecule has 1 aromatic rings. The standard InChI is InChI=1S/C10H7BFNO/c11-4-6-3-9(12)8(5-13)10-7(6)1-2-14-10/h3H,1-2,4H2. The summed E-state index contributed by atoms with van der Waals surface area (Å²) in [5, 5.41) is 8.74. The van der Waals surface area contributed by atoms with Gasteiger partial charge < -0.3 is 4.74 Å². The zero-order valence-electron chi connectivity index (χ0n) is 7.51. The number of ether oxygens (including phenoxy) is 1. The van der Waals surface area contributed by atoms with Gasteiger partial charge in [0.1, 0.15) is 23.2 Å². The second-order valence-corrected chi connectivity index (χ2v) is 3.11. The summed E-state index contributed by atoms with van der Waals surface area (Å²) in [6.45, 7) is 0.500. The lowest BCUT2D eigenvalue weighted by Gasteiger charge is -2.07. The molecule has 1 aliphatic rings. The first-order chi connectivity index (χ1) is 6.77. The molecule has 0 saturated carbocycles. The van der Waals surface area contributed by atoms with E-state index in [0.29, 0.717) is 18.8 Å². The summed E-state index contributed by atoms with van der Waals surface area (Å²) in [5.74, 6) is -0.165. The van der Waals surface area contributed by atoms with Crippen molar-refractivity contribution in [2.24, 2.45) is 0 Å². The van der Waals surface area contributed by atoms with Crippen molar-refractivity contribution in [1.29, 1.82) is 5.26 Å². The van der Waals surface area contributed by atoms with Crippen LogP contribution >= 0.6 is 0 Å². The Bertz CT molecular complexity index is 425. The minimum Gasteiger partial charge on any atom is -0.491 e. The molecule has 0 aromatic heterocycles. The summed E-state index contributed by atoms with van der Waals surface area (Å²) in [5.41, 5.74) is 1.61. The summed E-state index contributed by atoms with van der Waals surface area (Å²) in [6, 6.07) is 3.13. The van der Waals surface area contributed by atoms with Gasteiger partial charge in [0.05, 0.1) is 14.5 Å². The molecule has 0 amide bonds. The van der Waals surface area contributed by atoms with E-state index in [1.165, 1.54) is 6.07 Å². The first kappa shape index (κ1) is 9.08. The molecule has 0 spiro atoms. The van der Waals surface area contributed by atoms with Gasteiger partial charge in [-0.2, -0.15) is 5.26 Å². The number of fused-ring (bicyclic) bond motifs is 1. The van der Waals surface area contributed by atoms with Crippen molar-refractivity contribution in [3.8, 4) is 11.8 Å². The van der Waals surface area contributed by atoms with E-state index in [9.17, 15) is 4.39 Å². The highest BCUT2D eigenvalue weighted by molar-refractivity contribution is 6.08. The van der Waals surface area contributed by atoms with Crippen LogP contribution in [0.5, 0.6) is 5.75 Å². The lowest BCUT2D eigenvalue weighted by molar-refractivity contribution is 0.354. The SMILES string of the molecule is [B]Cc1cc(F)c(C#N)c2c1CCO2. The van der Waals surface area contributed by atoms with Crippen LogP contribution in [0.15, 0.2) is 6.07 Å². The molecule has 0 unspecified atom stereocenters. The van der Waals surface area contributed by atoms with Gasteiger partial charge in [-0.25, -0.2) is 4.39 Å². The number of nitriles is 1. The maximum Gasteiger partial charge on any atom is 0.145 e. The number of halogens is 1. The second-order valence-electron chi connectivity index (χ2n) is 3.11. The molecule has 0 saturated heterocycles. The Hall–Kier alpha value is -1.50. The van der Waals surface area contributed by atoms with E-state index in [-0.39, 0.29) is 11.9 Å². The molecular formula is C10H7BFNO. The van der Waals surface area contributed by atoms with Gasteiger partial charge in [0, 0.05) is 12.0 Å². The molecule has 0 N–H and O–H groups in total. The van der Waals surface area contributed by atoms with Crippen molar-refractivity contribution in [3.05, 3.63) is 28.6 Å². The van der Waals surface area contributed by atoms with Gasteiger partial charge in [0.25, 0.3) is 0 Å². The number of rotatable bonds is 1. The molecule has 0 bridgehead atoms. The normalized spacial score (nSPS) is 13.1. The number of benzene rings is 1. The molecule has 68 valence electrons. The molecule has 0 aliphatic carbocycles. The van der Waals surface area contributed by atoms with Crippen LogP contribution in [-0.4, -0.2) is 14.5 Å². The van der Waals surface area contributed by atoms with E-state index in [1.54, 1.807) is 6.07 Å². The molecule has 1 heterocycles. The zero-order valence-corrected chi connectivity index (χ0v) is 7.51. The number of hydrogen-bond donors (Lipinski definition) is 0. The summed E-state index contributed by atoms with van der Waals surface area (Å²) < 4.78 is 18.6. The molecule has 0 atom stereocenters. The molecule has 1 aliphatic heterocycles. The van der Waals surface area contributed by atoms with Crippen molar-refractivity contribution in [2.75, 3.05) is 6.61 Å². The van der Waals surface area contributed by atoms with E-state index in [0.717, 1.165) is 11.1 Å². The van der Waals surface area contributed by atoms with Crippen LogP contribution in [0.2, 0.25) is 0 Å². The van der Waals surface area contributed by atoms with Crippen LogP contribution in [0.1, 0.15) is 16.7 Å². The Kier molecular flexibility index (Phi) is 2.16. The van der Waals surface area contributed by atoms with Gasteiger partial charge in [0.15, 0.2) is 0 Å². The lowest BCUT2D eigenvalue weighted by atomic mass is 9.90. The second kappa shape index (κ2) is 3.34. The minimum absolute atomic E-state index is 0.00491. The van der Waals surface area contributed by atoms with E-state index in [4.69, 9.17) is 17.8 Å². The predicted octanol–water partition coefficient (Wildman–Crippen LogP) is 1.30. The zero-order chi connectivity index (χ0) is 10.1. The quantitative estimate of drug-likeness (QED) is 0.620. The fourth-order valence-corrected chi connectivity index (χ4v) is 1.69. The molecule has 14 heavy (non-hydrogen) atoms. The summed E-state index contributed by atoms with van der Waals surface area (Å²) in [6.07, 6.45) is 0.977. The Morgan fingerprint density at radius 1 is 1.64 bits per heavy atom. The van der Waals surface area contributed by atoms with Crippen molar-refractivity contribution in [2.45, 2.75) is 12.7 Å².